The molecule has 0 aromatic heterocycles. The average Bonchev–Trinajstić information content (AvgIpc) is 2.74. The first-order valence-corrected chi connectivity index (χ1v) is 10.5. The summed E-state index contributed by atoms with van der Waals surface area (Å²) in [5, 5.41) is 2.48. The Kier molecular flexibility index (Phi) is 8.81. The van der Waals surface area contributed by atoms with Crippen LogP contribution in [0.25, 0.3) is 0 Å². The topological polar surface area (TPSA) is 88.7 Å². The molecule has 7 nitrogen and oxygen atoms in total. The summed E-state index contributed by atoms with van der Waals surface area (Å²) in [4.78, 5) is 24.5. The van der Waals surface area contributed by atoms with Crippen molar-refractivity contribution in [3.8, 4) is 11.5 Å². The molecule has 3 N–H and O–H groups in total. The lowest BCUT2D eigenvalue weighted by Gasteiger charge is -2.17. The second kappa shape index (κ2) is 11.3. The molecule has 166 valence electrons. The number of rotatable bonds is 7. The highest BCUT2D eigenvalue weighted by Crippen LogP contribution is 2.18. The molecule has 2 amide bonds. The molecule has 0 aliphatic rings. The van der Waals surface area contributed by atoms with Gasteiger partial charge in [0.15, 0.2) is 11.2 Å². The van der Waals surface area contributed by atoms with Gasteiger partial charge in [-0.3, -0.25) is 25.8 Å². The lowest BCUT2D eigenvalue weighted by atomic mass is 10.1. The van der Waals surface area contributed by atoms with Crippen LogP contribution in [0.1, 0.15) is 48.7 Å². The van der Waals surface area contributed by atoms with Crippen molar-refractivity contribution in [3.05, 3.63) is 59.2 Å². The van der Waals surface area contributed by atoms with E-state index in [-0.39, 0.29) is 11.2 Å². The van der Waals surface area contributed by atoms with Crippen molar-refractivity contribution in [3.63, 3.8) is 0 Å². The van der Waals surface area contributed by atoms with Crippen LogP contribution >= 0.6 is 12.2 Å². The van der Waals surface area contributed by atoms with Crippen LogP contribution in [-0.2, 0) is 4.79 Å². The van der Waals surface area contributed by atoms with E-state index in [1.54, 1.807) is 31.2 Å². The number of aryl methyl sites for hydroxylation is 2. The summed E-state index contributed by atoms with van der Waals surface area (Å²) in [6, 6.07) is 12.4. The number of thiocarbonyl (C=S) groups is 1. The van der Waals surface area contributed by atoms with Gasteiger partial charge in [-0.05, 0) is 93.9 Å². The highest BCUT2D eigenvalue weighted by Gasteiger charge is 2.16. The van der Waals surface area contributed by atoms with Gasteiger partial charge in [-0.2, -0.15) is 0 Å². The highest BCUT2D eigenvalue weighted by molar-refractivity contribution is 7.80. The molecule has 2 atom stereocenters. The summed E-state index contributed by atoms with van der Waals surface area (Å²) in [7, 11) is 0. The Balaban J connectivity index is 1.80. The Morgan fingerprint density at radius 2 is 1.58 bits per heavy atom. The van der Waals surface area contributed by atoms with E-state index in [0.717, 1.165) is 17.5 Å². The molecule has 0 saturated heterocycles. The first kappa shape index (κ1) is 24.1. The van der Waals surface area contributed by atoms with Gasteiger partial charge in [0, 0.05) is 5.56 Å². The van der Waals surface area contributed by atoms with Crippen molar-refractivity contribution in [2.45, 2.75) is 53.2 Å². The van der Waals surface area contributed by atoms with Gasteiger partial charge in [0.2, 0.25) is 0 Å². The van der Waals surface area contributed by atoms with Crippen LogP contribution < -0.4 is 25.6 Å². The standard InChI is InChI=1S/C23H29N3O4S/c1-6-16(4)29-19-11-8-18(9-12-19)22(28)24-23(31)26-25-21(27)17(5)30-20-10-7-14(2)15(3)13-20/h7-13,16-17H,6H2,1-5H3,(H,25,27)(H2,24,26,28,31). The molecule has 0 bridgehead atoms. The lowest BCUT2D eigenvalue weighted by Crippen LogP contribution is -2.51. The van der Waals surface area contributed by atoms with Crippen molar-refractivity contribution in [1.29, 1.82) is 0 Å². The minimum atomic E-state index is -0.758. The van der Waals surface area contributed by atoms with Gasteiger partial charge in [0.25, 0.3) is 11.8 Å². The van der Waals surface area contributed by atoms with Crippen LogP contribution in [0.15, 0.2) is 42.5 Å². The minimum absolute atomic E-state index is 0.0309. The van der Waals surface area contributed by atoms with Gasteiger partial charge in [0.05, 0.1) is 6.10 Å². The molecule has 0 fully saturated rings. The zero-order valence-corrected chi connectivity index (χ0v) is 19.3. The smallest absolute Gasteiger partial charge is 0.279 e. The zero-order valence-electron chi connectivity index (χ0n) is 18.4. The first-order valence-electron chi connectivity index (χ1n) is 10.1. The fourth-order valence-corrected chi connectivity index (χ4v) is 2.62. The minimum Gasteiger partial charge on any atom is -0.491 e. The van der Waals surface area contributed by atoms with E-state index in [2.05, 4.69) is 16.2 Å². The van der Waals surface area contributed by atoms with E-state index in [1.807, 2.05) is 45.9 Å². The van der Waals surface area contributed by atoms with Crippen molar-refractivity contribution >= 4 is 29.1 Å². The van der Waals surface area contributed by atoms with Crippen molar-refractivity contribution in [2.24, 2.45) is 0 Å². The number of hydrazine groups is 1. The fraction of sp³-hybridized carbons (Fsp3) is 0.348. The molecule has 2 aromatic rings. The third-order valence-corrected chi connectivity index (χ3v) is 4.92. The number of benzene rings is 2. The molecule has 2 unspecified atom stereocenters. The number of ether oxygens (including phenoxy) is 2. The van der Waals surface area contributed by atoms with Gasteiger partial charge in [0.1, 0.15) is 11.5 Å². The molecule has 31 heavy (non-hydrogen) atoms. The quantitative estimate of drug-likeness (QED) is 0.448. The highest BCUT2D eigenvalue weighted by atomic mass is 32.1. The van der Waals surface area contributed by atoms with Gasteiger partial charge in [-0.1, -0.05) is 13.0 Å². The summed E-state index contributed by atoms with van der Waals surface area (Å²) < 4.78 is 11.3. The van der Waals surface area contributed by atoms with E-state index in [4.69, 9.17) is 21.7 Å². The second-order valence-electron chi connectivity index (χ2n) is 7.26. The third-order valence-electron chi connectivity index (χ3n) is 4.72. The Labute approximate surface area is 188 Å². The number of hydrogen-bond acceptors (Lipinski definition) is 5. The molecule has 2 rings (SSSR count). The zero-order chi connectivity index (χ0) is 23.0. The number of amides is 2. The van der Waals surface area contributed by atoms with E-state index in [0.29, 0.717) is 17.1 Å². The van der Waals surface area contributed by atoms with Crippen molar-refractivity contribution in [2.75, 3.05) is 0 Å². The molecule has 8 heteroatoms. The largest absolute Gasteiger partial charge is 0.491 e. The van der Waals surface area contributed by atoms with Crippen LogP contribution in [0.5, 0.6) is 11.5 Å². The Hall–Kier alpha value is -3.13. The van der Waals surface area contributed by atoms with Crippen molar-refractivity contribution in [1.82, 2.24) is 16.2 Å². The van der Waals surface area contributed by atoms with Gasteiger partial charge >= 0.3 is 0 Å². The molecular weight excluding hydrogens is 414 g/mol. The summed E-state index contributed by atoms with van der Waals surface area (Å²) in [5.74, 6) is 0.460. The number of nitrogens with one attached hydrogen (secondary N) is 3. The molecule has 0 spiro atoms. The normalized spacial score (nSPS) is 12.3. The monoisotopic (exact) mass is 443 g/mol. The van der Waals surface area contributed by atoms with Crippen LogP contribution in [0.2, 0.25) is 0 Å². The summed E-state index contributed by atoms with van der Waals surface area (Å²) in [6.07, 6.45) is 0.231. The summed E-state index contributed by atoms with van der Waals surface area (Å²) in [5.41, 5.74) is 7.58. The maximum atomic E-state index is 12.3. The lowest BCUT2D eigenvalue weighted by molar-refractivity contribution is -0.127. The first-order chi connectivity index (χ1) is 14.7. The van der Waals surface area contributed by atoms with E-state index in [9.17, 15) is 9.59 Å². The summed E-state index contributed by atoms with van der Waals surface area (Å²) >= 11 is 5.07. The number of carbonyl (C=O) groups is 2. The van der Waals surface area contributed by atoms with E-state index < -0.39 is 17.9 Å². The molecule has 0 aliphatic heterocycles. The second-order valence-corrected chi connectivity index (χ2v) is 7.67. The molecule has 2 aromatic carbocycles. The van der Waals surface area contributed by atoms with Gasteiger partial charge in [-0.15, -0.1) is 0 Å². The summed E-state index contributed by atoms with van der Waals surface area (Å²) in [6.45, 7) is 9.62. The maximum Gasteiger partial charge on any atom is 0.279 e. The van der Waals surface area contributed by atoms with E-state index in [1.165, 1.54) is 0 Å². The van der Waals surface area contributed by atoms with Crippen LogP contribution in [0.4, 0.5) is 0 Å². The van der Waals surface area contributed by atoms with Gasteiger partial charge < -0.3 is 9.47 Å². The molecule has 0 saturated carbocycles. The molecule has 0 radical (unpaired) electrons. The maximum absolute atomic E-state index is 12.3. The SMILES string of the molecule is CCC(C)Oc1ccc(C(=O)NC(=S)NNC(=O)C(C)Oc2ccc(C)c(C)c2)cc1. The van der Waals surface area contributed by atoms with Crippen LogP contribution in [0, 0.1) is 13.8 Å². The Bertz CT molecular complexity index is 931. The number of carbonyl (C=O) groups excluding carboxylic acids is 2. The molecular formula is C23H29N3O4S. The number of hydrogen-bond donors (Lipinski definition) is 3. The Morgan fingerprint density at radius 1 is 0.935 bits per heavy atom. The van der Waals surface area contributed by atoms with Crippen LogP contribution in [0.3, 0.4) is 0 Å². The molecule has 0 aliphatic carbocycles. The van der Waals surface area contributed by atoms with Gasteiger partial charge in [-0.25, -0.2) is 0 Å². The predicted molar refractivity (Wildman–Crippen MR) is 124 cm³/mol. The Morgan fingerprint density at radius 3 is 2.19 bits per heavy atom. The van der Waals surface area contributed by atoms with E-state index >= 15 is 0 Å². The molecule has 0 heterocycles. The third kappa shape index (κ3) is 7.57. The van der Waals surface area contributed by atoms with Crippen molar-refractivity contribution < 1.29 is 19.1 Å². The van der Waals surface area contributed by atoms with Crippen LogP contribution in [-0.4, -0.2) is 29.1 Å². The predicted octanol–water partition coefficient (Wildman–Crippen LogP) is 3.58. The fourth-order valence-electron chi connectivity index (χ4n) is 2.47. The average molecular weight is 444 g/mol.